The van der Waals surface area contributed by atoms with Gasteiger partial charge in [0.25, 0.3) is 0 Å². The largest absolute Gasteiger partial charge is 0.508 e. The number of anilines is 1. The first-order chi connectivity index (χ1) is 19.6. The average Bonchev–Trinajstić information content (AvgIpc) is 3.44. The maximum Gasteiger partial charge on any atom is 0.319 e. The summed E-state index contributed by atoms with van der Waals surface area (Å²) in [5.41, 5.74) is 0.747. The summed E-state index contributed by atoms with van der Waals surface area (Å²) in [5, 5.41) is 16.7. The smallest absolute Gasteiger partial charge is 0.319 e. The number of nitrogens with one attached hydrogen (secondary N) is 1. The summed E-state index contributed by atoms with van der Waals surface area (Å²) in [5.74, 6) is 0.129. The summed E-state index contributed by atoms with van der Waals surface area (Å²) in [4.78, 5) is 14.1. The zero-order valence-electron chi connectivity index (χ0n) is 23.7. The second-order valence-corrected chi connectivity index (χ2v) is 13.1. The predicted octanol–water partition coefficient (Wildman–Crippen LogP) is 6.14. The van der Waals surface area contributed by atoms with Crippen molar-refractivity contribution in [1.82, 2.24) is 20.2 Å². The lowest BCUT2D eigenvalue weighted by Gasteiger charge is -2.45. The van der Waals surface area contributed by atoms with Crippen LogP contribution in [0.1, 0.15) is 39.5 Å². The van der Waals surface area contributed by atoms with Gasteiger partial charge in [-0.15, -0.1) is 0 Å². The Balaban J connectivity index is 1.40. The second-order valence-electron chi connectivity index (χ2n) is 12.7. The van der Waals surface area contributed by atoms with Crippen molar-refractivity contribution in [2.24, 2.45) is 0 Å². The summed E-state index contributed by atoms with van der Waals surface area (Å²) < 4.78 is 23.0. The van der Waals surface area contributed by atoms with E-state index >= 15 is 4.39 Å². The van der Waals surface area contributed by atoms with Crippen molar-refractivity contribution in [1.29, 1.82) is 0 Å². The summed E-state index contributed by atoms with van der Waals surface area (Å²) in [7, 11) is 2.10. The molecule has 0 spiro atoms. The number of halogens is 2. The van der Waals surface area contributed by atoms with Gasteiger partial charge in [0.1, 0.15) is 23.7 Å². The Morgan fingerprint density at radius 2 is 1.85 bits per heavy atom. The van der Waals surface area contributed by atoms with Crippen LogP contribution in [0.3, 0.4) is 0 Å². The molecule has 4 aromatic rings. The van der Waals surface area contributed by atoms with E-state index in [0.29, 0.717) is 23.4 Å². The van der Waals surface area contributed by atoms with E-state index in [1.807, 2.05) is 24.3 Å². The third-order valence-corrected chi connectivity index (χ3v) is 9.54. The molecule has 9 heteroatoms. The maximum atomic E-state index is 16.8. The number of fused-ring (bicyclic) bond motifs is 4. The lowest BCUT2D eigenvalue weighted by Crippen LogP contribution is -2.63. The van der Waals surface area contributed by atoms with Crippen LogP contribution in [0.5, 0.6) is 11.8 Å². The zero-order chi connectivity index (χ0) is 28.5. The van der Waals surface area contributed by atoms with Crippen LogP contribution in [0.15, 0.2) is 42.5 Å². The van der Waals surface area contributed by atoms with Crippen molar-refractivity contribution in [2.75, 3.05) is 38.2 Å². The molecule has 2 bridgehead atoms. The highest BCUT2D eigenvalue weighted by atomic mass is 35.5. The normalized spacial score (nSPS) is 26.4. The van der Waals surface area contributed by atoms with Crippen LogP contribution in [0.4, 0.5) is 10.2 Å². The van der Waals surface area contributed by atoms with Gasteiger partial charge in [0.2, 0.25) is 0 Å². The molecule has 0 amide bonds. The fourth-order valence-electron chi connectivity index (χ4n) is 7.27. The molecular weight excluding hydrogens is 541 g/mol. The van der Waals surface area contributed by atoms with Crippen molar-refractivity contribution in [3.05, 3.63) is 53.3 Å². The number of rotatable bonds is 5. The Kier molecular flexibility index (Phi) is 6.30. The standard InChI is InChI=1S/C32H35ClFN5O2/c1-31-10-11-32(2,37-31)18-39(17-31)29-24-15-25(33)26(23-14-21(40)13-19-7-4-5-9-22(19)23)27(34)28(24)35-30(36-29)41-16-20-8-6-12-38(20)3/h4-5,7,9,13-15,20,37,40H,6,8,10-12,16-18H2,1-3H3/t20-,31-,32+/m0/s1. The third-order valence-electron chi connectivity index (χ3n) is 9.25. The number of ether oxygens (including phenoxy) is 1. The molecular formula is C32H35ClFN5O2. The van der Waals surface area contributed by atoms with Crippen LogP contribution in [-0.2, 0) is 0 Å². The quantitative estimate of drug-likeness (QED) is 0.296. The van der Waals surface area contributed by atoms with Gasteiger partial charge in [0.05, 0.1) is 5.02 Å². The van der Waals surface area contributed by atoms with Crippen molar-refractivity contribution < 1.29 is 14.2 Å². The molecule has 3 saturated heterocycles. The first-order valence-electron chi connectivity index (χ1n) is 14.4. The van der Waals surface area contributed by atoms with Crippen molar-refractivity contribution >= 4 is 39.1 Å². The molecule has 7 nitrogen and oxygen atoms in total. The van der Waals surface area contributed by atoms with E-state index in [-0.39, 0.29) is 45.0 Å². The van der Waals surface area contributed by atoms with Crippen LogP contribution < -0.4 is 15.0 Å². The molecule has 3 fully saturated rings. The number of phenolic OH excluding ortho intramolecular Hbond substituents is 1. The molecule has 3 atom stereocenters. The van der Waals surface area contributed by atoms with Gasteiger partial charge in [0, 0.05) is 41.2 Å². The van der Waals surface area contributed by atoms with Gasteiger partial charge in [-0.25, -0.2) is 4.39 Å². The monoisotopic (exact) mass is 575 g/mol. The fourth-order valence-corrected chi connectivity index (χ4v) is 7.56. The van der Waals surface area contributed by atoms with Crippen LogP contribution in [-0.4, -0.2) is 70.4 Å². The lowest BCUT2D eigenvalue weighted by atomic mass is 9.95. The summed E-state index contributed by atoms with van der Waals surface area (Å²) in [6, 6.07) is 13.0. The Hall–Kier alpha value is -3.20. The minimum absolute atomic E-state index is 0.0418. The van der Waals surface area contributed by atoms with Crippen LogP contribution >= 0.6 is 11.6 Å². The number of hydrogen-bond donors (Lipinski definition) is 2. The second kappa shape index (κ2) is 9.68. The molecule has 214 valence electrons. The number of aromatic nitrogens is 2. The Labute approximate surface area is 244 Å². The average molecular weight is 576 g/mol. The first-order valence-corrected chi connectivity index (χ1v) is 14.8. The highest BCUT2D eigenvalue weighted by Gasteiger charge is 2.48. The minimum atomic E-state index is -0.551. The Bertz CT molecular complexity index is 1670. The predicted molar refractivity (Wildman–Crippen MR) is 162 cm³/mol. The fraction of sp³-hybridized carbons (Fsp3) is 0.438. The number of phenols is 1. The first kappa shape index (κ1) is 26.7. The molecule has 3 aliphatic rings. The number of piperazine rings is 1. The van der Waals surface area contributed by atoms with Gasteiger partial charge in [-0.1, -0.05) is 35.9 Å². The highest BCUT2D eigenvalue weighted by Crippen LogP contribution is 2.44. The topological polar surface area (TPSA) is 73.8 Å². The van der Waals surface area contributed by atoms with E-state index in [2.05, 4.69) is 41.0 Å². The molecule has 1 aromatic heterocycles. The molecule has 3 aliphatic heterocycles. The molecule has 0 aliphatic carbocycles. The SMILES string of the molecule is CN1CCC[C@H]1COc1nc(N2C[C@]3(C)CC[C@](C)(C2)N3)c2cc(Cl)c(-c3cc(O)cc4ccccc34)c(F)c2n1. The van der Waals surface area contributed by atoms with E-state index in [1.165, 1.54) is 0 Å². The highest BCUT2D eigenvalue weighted by molar-refractivity contribution is 6.35. The van der Waals surface area contributed by atoms with E-state index < -0.39 is 5.82 Å². The van der Waals surface area contributed by atoms with Crippen LogP contribution in [0.25, 0.3) is 32.8 Å². The summed E-state index contributed by atoms with van der Waals surface area (Å²) in [6.07, 6.45) is 4.29. The number of aromatic hydroxyl groups is 1. The zero-order valence-corrected chi connectivity index (χ0v) is 24.4. The molecule has 3 aromatic carbocycles. The van der Waals surface area contributed by atoms with Gasteiger partial charge in [-0.3, -0.25) is 0 Å². The van der Waals surface area contributed by atoms with Gasteiger partial charge in [-0.05, 0) is 87.7 Å². The van der Waals surface area contributed by atoms with Crippen molar-refractivity contribution in [3.8, 4) is 22.9 Å². The molecule has 4 heterocycles. The van der Waals surface area contributed by atoms with Crippen molar-refractivity contribution in [2.45, 2.75) is 56.7 Å². The van der Waals surface area contributed by atoms with E-state index in [4.69, 9.17) is 21.3 Å². The number of likely N-dealkylation sites (N-methyl/N-ethyl adjacent to an activating group) is 1. The van der Waals surface area contributed by atoms with Crippen molar-refractivity contribution in [3.63, 3.8) is 0 Å². The van der Waals surface area contributed by atoms with Gasteiger partial charge >= 0.3 is 6.01 Å². The molecule has 41 heavy (non-hydrogen) atoms. The van der Waals surface area contributed by atoms with Gasteiger partial charge < -0.3 is 25.0 Å². The van der Waals surface area contributed by atoms with Crippen LogP contribution in [0, 0.1) is 5.82 Å². The minimum Gasteiger partial charge on any atom is -0.508 e. The van der Waals surface area contributed by atoms with E-state index in [9.17, 15) is 5.11 Å². The lowest BCUT2D eigenvalue weighted by molar-refractivity contribution is 0.188. The van der Waals surface area contributed by atoms with E-state index in [1.54, 1.807) is 18.2 Å². The molecule has 7 rings (SSSR count). The van der Waals surface area contributed by atoms with Gasteiger partial charge in [-0.2, -0.15) is 9.97 Å². The number of nitrogens with zero attached hydrogens (tertiary/aromatic N) is 4. The molecule has 0 saturated carbocycles. The summed E-state index contributed by atoms with van der Waals surface area (Å²) in [6.45, 7) is 7.41. The number of hydrogen-bond acceptors (Lipinski definition) is 7. The third kappa shape index (κ3) is 4.66. The number of benzene rings is 3. The maximum absolute atomic E-state index is 16.8. The molecule has 0 unspecified atom stereocenters. The van der Waals surface area contributed by atoms with E-state index in [0.717, 1.165) is 56.1 Å². The number of likely N-dealkylation sites (tertiary alicyclic amines) is 1. The molecule has 0 radical (unpaired) electrons. The molecule has 2 N–H and O–H groups in total. The Morgan fingerprint density at radius 1 is 1.10 bits per heavy atom. The van der Waals surface area contributed by atoms with Gasteiger partial charge in [0.15, 0.2) is 5.82 Å². The Morgan fingerprint density at radius 3 is 2.59 bits per heavy atom. The van der Waals surface area contributed by atoms with Crippen LogP contribution in [0.2, 0.25) is 5.02 Å². The summed E-state index contributed by atoms with van der Waals surface area (Å²) >= 11 is 6.89.